The maximum atomic E-state index is 6.11. The zero-order valence-electron chi connectivity index (χ0n) is 27.4. The van der Waals surface area contributed by atoms with Crippen molar-refractivity contribution in [1.29, 1.82) is 0 Å². The second-order valence-electron chi connectivity index (χ2n) is 13.0. The van der Waals surface area contributed by atoms with Crippen molar-refractivity contribution < 1.29 is 4.42 Å². The second kappa shape index (κ2) is 10.8. The highest BCUT2D eigenvalue weighted by Crippen LogP contribution is 2.40. The first-order valence-corrected chi connectivity index (χ1v) is 17.2. The van der Waals surface area contributed by atoms with Gasteiger partial charge in [0, 0.05) is 43.4 Å². The fourth-order valence-corrected chi connectivity index (χ4v) is 7.84. The predicted octanol–water partition coefficient (Wildman–Crippen LogP) is 11.9. The maximum Gasteiger partial charge on any atom is 0.138 e. The second-order valence-corrected chi connectivity index (χ2v) is 13.0. The Labute approximate surface area is 292 Å². The average molecular weight is 653 g/mol. The number of aromatic nitrogens is 4. The normalized spacial score (nSPS) is 11.9. The first-order valence-electron chi connectivity index (χ1n) is 17.2. The molecule has 0 radical (unpaired) electrons. The van der Waals surface area contributed by atoms with Crippen LogP contribution in [0.3, 0.4) is 0 Å². The molecule has 0 unspecified atom stereocenters. The maximum absolute atomic E-state index is 6.11. The summed E-state index contributed by atoms with van der Waals surface area (Å²) in [6.07, 6.45) is 0. The minimum atomic E-state index is 0.871. The van der Waals surface area contributed by atoms with Crippen LogP contribution in [0.25, 0.3) is 99.7 Å². The molecule has 0 fully saturated rings. The van der Waals surface area contributed by atoms with Crippen molar-refractivity contribution in [1.82, 2.24) is 19.1 Å². The quantitative estimate of drug-likeness (QED) is 0.190. The monoisotopic (exact) mass is 652 g/mol. The van der Waals surface area contributed by atoms with E-state index in [1.165, 1.54) is 21.5 Å². The van der Waals surface area contributed by atoms with Gasteiger partial charge < -0.3 is 4.42 Å². The molecular formula is C46H28N4O. The van der Waals surface area contributed by atoms with Crippen molar-refractivity contribution in [3.63, 3.8) is 0 Å². The number of rotatable bonds is 4. The molecule has 5 aromatic heterocycles. The number of benzene rings is 6. The molecule has 238 valence electrons. The molecule has 11 rings (SSSR count). The minimum absolute atomic E-state index is 0.871. The minimum Gasteiger partial charge on any atom is -0.456 e. The van der Waals surface area contributed by atoms with E-state index in [-0.39, 0.29) is 0 Å². The van der Waals surface area contributed by atoms with Crippen LogP contribution in [0.5, 0.6) is 0 Å². The van der Waals surface area contributed by atoms with Gasteiger partial charge in [-0.05, 0) is 72.8 Å². The summed E-state index contributed by atoms with van der Waals surface area (Å²) in [6.45, 7) is 0. The Hall–Kier alpha value is -6.98. The fraction of sp³-hybridized carbons (Fsp3) is 0. The molecule has 51 heavy (non-hydrogen) atoms. The number of hydrogen-bond donors (Lipinski definition) is 0. The zero-order chi connectivity index (χ0) is 33.5. The summed E-state index contributed by atoms with van der Waals surface area (Å²) in [5.74, 6) is 1.76. The van der Waals surface area contributed by atoms with Crippen LogP contribution < -0.4 is 0 Å². The lowest BCUT2D eigenvalue weighted by Crippen LogP contribution is -1.99. The van der Waals surface area contributed by atoms with Crippen LogP contribution in [0.15, 0.2) is 174 Å². The third kappa shape index (κ3) is 4.22. The van der Waals surface area contributed by atoms with Crippen LogP contribution in [0.4, 0.5) is 0 Å². The lowest BCUT2D eigenvalue weighted by Gasteiger charge is -2.10. The van der Waals surface area contributed by atoms with E-state index >= 15 is 0 Å². The van der Waals surface area contributed by atoms with Gasteiger partial charge >= 0.3 is 0 Å². The van der Waals surface area contributed by atoms with Crippen LogP contribution in [0.1, 0.15) is 0 Å². The molecule has 0 aliphatic rings. The Kier molecular flexibility index (Phi) is 5.89. The summed E-state index contributed by atoms with van der Waals surface area (Å²) in [7, 11) is 0. The van der Waals surface area contributed by atoms with Crippen LogP contribution >= 0.6 is 0 Å². The molecule has 0 atom stereocenters. The summed E-state index contributed by atoms with van der Waals surface area (Å²) >= 11 is 0. The molecule has 0 bridgehead atoms. The molecule has 0 aliphatic carbocycles. The van der Waals surface area contributed by atoms with Gasteiger partial charge in [0.1, 0.15) is 22.8 Å². The Bertz CT molecular complexity index is 3150. The van der Waals surface area contributed by atoms with Crippen molar-refractivity contribution in [2.75, 3.05) is 0 Å². The fourth-order valence-electron chi connectivity index (χ4n) is 7.84. The molecule has 5 heterocycles. The van der Waals surface area contributed by atoms with Crippen LogP contribution in [-0.2, 0) is 0 Å². The third-order valence-electron chi connectivity index (χ3n) is 10.1. The van der Waals surface area contributed by atoms with E-state index in [1.807, 2.05) is 18.2 Å². The van der Waals surface area contributed by atoms with Gasteiger partial charge in [-0.1, -0.05) is 97.1 Å². The van der Waals surface area contributed by atoms with Gasteiger partial charge in [-0.25, -0.2) is 9.97 Å². The number of fused-ring (bicyclic) bond motifs is 9. The van der Waals surface area contributed by atoms with Crippen molar-refractivity contribution in [2.24, 2.45) is 0 Å². The SMILES string of the molecule is c1ccc(-c2cccc(-n3c4ccccc4c4cc5c(cc43)c3ccccc3n5-c3cccc(-c4ccc5oc6ccccc6c5c4)n3)n2)cc1. The topological polar surface area (TPSA) is 48.8 Å². The molecule has 6 aromatic carbocycles. The standard InChI is InChI=1S/C46H28N4O/c1-2-12-29(13-3-1)37-17-10-22-45(47-37)49-39-19-7-4-14-31(39)34-28-42-35(27-41(34)49)32-15-5-8-20-40(32)50(42)46-23-11-18-38(48-46)30-24-25-44-36(26-30)33-16-6-9-21-43(33)51-44/h1-28H. The summed E-state index contributed by atoms with van der Waals surface area (Å²) in [4.78, 5) is 10.5. The highest BCUT2D eigenvalue weighted by atomic mass is 16.3. The Morgan fingerprint density at radius 2 is 0.863 bits per heavy atom. The van der Waals surface area contributed by atoms with Gasteiger partial charge in [-0.2, -0.15) is 0 Å². The molecule has 0 aliphatic heterocycles. The van der Waals surface area contributed by atoms with Crippen molar-refractivity contribution in [3.8, 4) is 34.2 Å². The lowest BCUT2D eigenvalue weighted by molar-refractivity contribution is 0.669. The largest absolute Gasteiger partial charge is 0.456 e. The van der Waals surface area contributed by atoms with Crippen molar-refractivity contribution >= 4 is 65.6 Å². The molecule has 0 N–H and O–H groups in total. The zero-order valence-corrected chi connectivity index (χ0v) is 27.4. The first kappa shape index (κ1) is 27.9. The van der Waals surface area contributed by atoms with E-state index in [0.29, 0.717) is 0 Å². The Morgan fingerprint density at radius 3 is 1.51 bits per heavy atom. The number of furan rings is 1. The van der Waals surface area contributed by atoms with Gasteiger partial charge in [0.25, 0.3) is 0 Å². The highest BCUT2D eigenvalue weighted by Gasteiger charge is 2.20. The Balaban J connectivity index is 1.14. The number of hydrogen-bond acceptors (Lipinski definition) is 3. The van der Waals surface area contributed by atoms with Crippen LogP contribution in [0, 0.1) is 0 Å². The van der Waals surface area contributed by atoms with E-state index < -0.39 is 0 Å². The van der Waals surface area contributed by atoms with Gasteiger partial charge in [0.15, 0.2) is 0 Å². The number of nitrogens with zero attached hydrogens (tertiary/aromatic N) is 4. The van der Waals surface area contributed by atoms with E-state index in [9.17, 15) is 0 Å². The lowest BCUT2D eigenvalue weighted by atomic mass is 10.1. The summed E-state index contributed by atoms with van der Waals surface area (Å²) in [5, 5.41) is 6.89. The predicted molar refractivity (Wildman–Crippen MR) is 209 cm³/mol. The first-order chi connectivity index (χ1) is 25.3. The van der Waals surface area contributed by atoms with Crippen molar-refractivity contribution in [2.45, 2.75) is 0 Å². The summed E-state index contributed by atoms with van der Waals surface area (Å²) < 4.78 is 10.7. The average Bonchev–Trinajstić information content (AvgIpc) is 3.84. The third-order valence-corrected chi connectivity index (χ3v) is 10.1. The summed E-state index contributed by atoms with van der Waals surface area (Å²) in [5.41, 5.74) is 10.2. The van der Waals surface area contributed by atoms with Crippen LogP contribution in [-0.4, -0.2) is 19.1 Å². The smallest absolute Gasteiger partial charge is 0.138 e. The van der Waals surface area contributed by atoms with Crippen LogP contribution in [0.2, 0.25) is 0 Å². The van der Waals surface area contributed by atoms with E-state index in [4.69, 9.17) is 14.4 Å². The molecule has 0 saturated heterocycles. The molecule has 5 nitrogen and oxygen atoms in total. The van der Waals surface area contributed by atoms with E-state index in [0.717, 1.165) is 78.2 Å². The van der Waals surface area contributed by atoms with Gasteiger partial charge in [0.2, 0.25) is 0 Å². The Morgan fingerprint density at radius 1 is 0.333 bits per heavy atom. The number of para-hydroxylation sites is 3. The van der Waals surface area contributed by atoms with E-state index in [1.54, 1.807) is 0 Å². The van der Waals surface area contributed by atoms with Gasteiger partial charge in [0.05, 0.1) is 33.5 Å². The highest BCUT2D eigenvalue weighted by molar-refractivity contribution is 6.19. The van der Waals surface area contributed by atoms with E-state index in [2.05, 4.69) is 161 Å². The molecular weight excluding hydrogens is 625 g/mol. The molecule has 0 saturated carbocycles. The molecule has 11 aromatic rings. The number of pyridine rings is 2. The van der Waals surface area contributed by atoms with Gasteiger partial charge in [-0.15, -0.1) is 0 Å². The summed E-state index contributed by atoms with van der Waals surface area (Å²) in [6, 6.07) is 59.4. The van der Waals surface area contributed by atoms with Crippen molar-refractivity contribution in [3.05, 3.63) is 170 Å². The molecule has 5 heteroatoms. The molecule has 0 spiro atoms. The molecule has 0 amide bonds. The van der Waals surface area contributed by atoms with Gasteiger partial charge in [-0.3, -0.25) is 9.13 Å².